The minimum absolute atomic E-state index is 0.107. The average Bonchev–Trinajstić information content (AvgIpc) is 2.53. The summed E-state index contributed by atoms with van der Waals surface area (Å²) in [5, 5.41) is 14.1. The fraction of sp³-hybridized carbons (Fsp3) is 0.200. The lowest BCUT2D eigenvalue weighted by molar-refractivity contribution is 0.0945. The first-order valence-electron chi connectivity index (χ1n) is 6.67. The van der Waals surface area contributed by atoms with Crippen molar-refractivity contribution in [1.29, 1.82) is 0 Å². The van der Waals surface area contributed by atoms with E-state index in [4.69, 9.17) is 9.94 Å². The van der Waals surface area contributed by atoms with Crippen LogP contribution in [0.3, 0.4) is 0 Å². The number of methoxy groups -OCH3 is 1. The third-order valence-corrected chi connectivity index (χ3v) is 2.95. The van der Waals surface area contributed by atoms with E-state index >= 15 is 0 Å². The molecule has 0 unspecified atom stereocenters. The van der Waals surface area contributed by atoms with E-state index in [9.17, 15) is 9.18 Å². The summed E-state index contributed by atoms with van der Waals surface area (Å²) in [6.45, 7) is 1.80. The van der Waals surface area contributed by atoms with E-state index in [2.05, 4.69) is 20.4 Å². The monoisotopic (exact) mass is 318 g/mol. The molecule has 2 N–H and O–H groups in total. The summed E-state index contributed by atoms with van der Waals surface area (Å²) in [6, 6.07) is 5.72. The molecule has 0 aliphatic carbocycles. The van der Waals surface area contributed by atoms with Crippen molar-refractivity contribution in [3.05, 3.63) is 52.9 Å². The van der Waals surface area contributed by atoms with Crippen LogP contribution in [0.5, 0.6) is 5.75 Å². The lowest BCUT2D eigenvalue weighted by atomic mass is 10.2. The van der Waals surface area contributed by atoms with Crippen LogP contribution >= 0.6 is 0 Å². The Bertz CT molecular complexity index is 749. The van der Waals surface area contributed by atoms with Gasteiger partial charge in [-0.05, 0) is 30.7 Å². The van der Waals surface area contributed by atoms with Crippen molar-refractivity contribution in [3.8, 4) is 5.75 Å². The highest BCUT2D eigenvalue weighted by Crippen LogP contribution is 2.18. The SMILES string of the molecule is COc1cc(CNC(=O)c2cc(/C=N\O)nc(C)n2)ccc1F. The van der Waals surface area contributed by atoms with Crippen LogP contribution in [0.2, 0.25) is 0 Å². The van der Waals surface area contributed by atoms with Gasteiger partial charge < -0.3 is 15.3 Å². The zero-order valence-corrected chi connectivity index (χ0v) is 12.6. The second kappa shape index (κ2) is 7.30. The number of nitrogens with zero attached hydrogens (tertiary/aromatic N) is 3. The number of halogens is 1. The smallest absolute Gasteiger partial charge is 0.270 e. The summed E-state index contributed by atoms with van der Waals surface area (Å²) in [5.41, 5.74) is 1.13. The van der Waals surface area contributed by atoms with Crippen molar-refractivity contribution in [1.82, 2.24) is 15.3 Å². The Morgan fingerprint density at radius 2 is 2.22 bits per heavy atom. The molecule has 0 spiro atoms. The van der Waals surface area contributed by atoms with Crippen LogP contribution < -0.4 is 10.1 Å². The van der Waals surface area contributed by atoms with Crippen molar-refractivity contribution in [2.24, 2.45) is 5.16 Å². The Morgan fingerprint density at radius 3 is 2.91 bits per heavy atom. The van der Waals surface area contributed by atoms with Crippen molar-refractivity contribution in [2.45, 2.75) is 13.5 Å². The molecule has 1 aromatic heterocycles. The maximum absolute atomic E-state index is 13.3. The van der Waals surface area contributed by atoms with Gasteiger partial charge in [0.25, 0.3) is 5.91 Å². The molecule has 8 heteroatoms. The van der Waals surface area contributed by atoms with Crippen LogP contribution in [0.25, 0.3) is 0 Å². The number of benzene rings is 1. The lowest BCUT2D eigenvalue weighted by Gasteiger charge is -2.08. The molecule has 0 saturated carbocycles. The predicted octanol–water partition coefficient (Wildman–Crippen LogP) is 1.67. The van der Waals surface area contributed by atoms with Crippen LogP contribution in [-0.4, -0.2) is 34.4 Å². The minimum Gasteiger partial charge on any atom is -0.494 e. The second-order valence-electron chi connectivity index (χ2n) is 4.62. The first kappa shape index (κ1) is 16.3. The molecule has 1 amide bonds. The van der Waals surface area contributed by atoms with Gasteiger partial charge in [-0.25, -0.2) is 14.4 Å². The van der Waals surface area contributed by atoms with Gasteiger partial charge in [-0.3, -0.25) is 4.79 Å². The number of ether oxygens (including phenoxy) is 1. The number of hydrogen-bond acceptors (Lipinski definition) is 6. The Hall–Kier alpha value is -3.03. The molecule has 0 bridgehead atoms. The number of aryl methyl sites for hydroxylation is 1. The van der Waals surface area contributed by atoms with E-state index in [-0.39, 0.29) is 18.0 Å². The van der Waals surface area contributed by atoms with Crippen molar-refractivity contribution in [2.75, 3.05) is 7.11 Å². The van der Waals surface area contributed by atoms with Crippen molar-refractivity contribution in [3.63, 3.8) is 0 Å². The van der Waals surface area contributed by atoms with E-state index < -0.39 is 11.7 Å². The van der Waals surface area contributed by atoms with Gasteiger partial charge in [0, 0.05) is 6.54 Å². The molecule has 1 heterocycles. The minimum atomic E-state index is -0.470. The summed E-state index contributed by atoms with van der Waals surface area (Å²) in [4.78, 5) is 20.2. The molecule has 0 aliphatic heterocycles. The summed E-state index contributed by atoms with van der Waals surface area (Å²) in [5.74, 6) is -0.416. The maximum Gasteiger partial charge on any atom is 0.270 e. The third-order valence-electron chi connectivity index (χ3n) is 2.95. The Morgan fingerprint density at radius 1 is 1.43 bits per heavy atom. The summed E-state index contributed by atoms with van der Waals surface area (Å²) in [6.07, 6.45) is 1.11. The van der Waals surface area contributed by atoms with Gasteiger partial charge in [-0.2, -0.15) is 0 Å². The number of oxime groups is 1. The van der Waals surface area contributed by atoms with Gasteiger partial charge in [-0.1, -0.05) is 11.2 Å². The topological polar surface area (TPSA) is 96.7 Å². The molecular formula is C15H15FN4O3. The largest absolute Gasteiger partial charge is 0.494 e. The van der Waals surface area contributed by atoms with Gasteiger partial charge in [0.05, 0.1) is 19.0 Å². The van der Waals surface area contributed by atoms with Crippen LogP contribution in [0.1, 0.15) is 27.6 Å². The number of aromatic nitrogens is 2. The molecule has 2 rings (SSSR count). The van der Waals surface area contributed by atoms with E-state index in [1.807, 2.05) is 0 Å². The van der Waals surface area contributed by atoms with Crippen molar-refractivity contribution < 1.29 is 19.1 Å². The molecule has 23 heavy (non-hydrogen) atoms. The highest BCUT2D eigenvalue weighted by atomic mass is 19.1. The maximum atomic E-state index is 13.3. The van der Waals surface area contributed by atoms with Gasteiger partial charge in [0.15, 0.2) is 11.6 Å². The zero-order chi connectivity index (χ0) is 16.8. The fourth-order valence-electron chi connectivity index (χ4n) is 1.92. The third kappa shape index (κ3) is 4.22. The van der Waals surface area contributed by atoms with E-state index in [0.29, 0.717) is 17.1 Å². The molecule has 0 radical (unpaired) electrons. The Balaban J connectivity index is 2.10. The molecule has 0 aliphatic rings. The van der Waals surface area contributed by atoms with Gasteiger partial charge in [0.1, 0.15) is 11.5 Å². The van der Waals surface area contributed by atoms with E-state index in [1.165, 1.54) is 25.3 Å². The fourth-order valence-corrected chi connectivity index (χ4v) is 1.92. The first-order chi connectivity index (χ1) is 11.0. The number of rotatable bonds is 5. The predicted molar refractivity (Wildman–Crippen MR) is 80.3 cm³/mol. The normalized spacial score (nSPS) is 10.7. The molecule has 0 atom stereocenters. The highest BCUT2D eigenvalue weighted by molar-refractivity contribution is 5.93. The number of carbonyl (C=O) groups excluding carboxylic acids is 1. The number of hydrogen-bond donors (Lipinski definition) is 2. The zero-order valence-electron chi connectivity index (χ0n) is 12.6. The van der Waals surface area contributed by atoms with Gasteiger partial charge in [0.2, 0.25) is 0 Å². The van der Waals surface area contributed by atoms with Gasteiger partial charge in [-0.15, -0.1) is 0 Å². The van der Waals surface area contributed by atoms with E-state index in [0.717, 1.165) is 6.21 Å². The average molecular weight is 318 g/mol. The summed E-state index contributed by atoms with van der Waals surface area (Å²) >= 11 is 0. The lowest BCUT2D eigenvalue weighted by Crippen LogP contribution is -2.24. The number of amides is 1. The molecule has 1 aromatic carbocycles. The Labute approximate surface area is 131 Å². The Kier molecular flexibility index (Phi) is 5.19. The molecular weight excluding hydrogens is 303 g/mol. The van der Waals surface area contributed by atoms with E-state index in [1.54, 1.807) is 13.0 Å². The number of nitrogens with one attached hydrogen (secondary N) is 1. The molecule has 0 saturated heterocycles. The van der Waals surface area contributed by atoms with Crippen LogP contribution in [0, 0.1) is 12.7 Å². The molecule has 7 nitrogen and oxygen atoms in total. The van der Waals surface area contributed by atoms with Crippen LogP contribution in [0.4, 0.5) is 4.39 Å². The van der Waals surface area contributed by atoms with Crippen LogP contribution in [0.15, 0.2) is 29.4 Å². The van der Waals surface area contributed by atoms with Crippen molar-refractivity contribution >= 4 is 12.1 Å². The standard InChI is InChI=1S/C15H15FN4O3/c1-9-19-11(8-18-22)6-13(20-9)15(21)17-7-10-3-4-12(16)14(5-10)23-2/h3-6,8,22H,7H2,1-2H3,(H,17,21)/b18-8-. The molecule has 2 aromatic rings. The molecule has 0 fully saturated rings. The molecule has 120 valence electrons. The van der Waals surface area contributed by atoms with Crippen LogP contribution in [-0.2, 0) is 6.54 Å². The van der Waals surface area contributed by atoms with Gasteiger partial charge >= 0.3 is 0 Å². The summed E-state index contributed by atoms with van der Waals surface area (Å²) < 4.78 is 18.2. The first-order valence-corrected chi connectivity index (χ1v) is 6.67. The highest BCUT2D eigenvalue weighted by Gasteiger charge is 2.11. The quantitative estimate of drug-likeness (QED) is 0.496. The second-order valence-corrected chi connectivity index (χ2v) is 4.62. The summed E-state index contributed by atoms with van der Waals surface area (Å²) in [7, 11) is 1.37. The number of carbonyl (C=O) groups is 1.